The molecule has 0 aliphatic heterocycles. The van der Waals surface area contributed by atoms with Crippen LogP contribution in [-0.4, -0.2) is 18.4 Å². The summed E-state index contributed by atoms with van der Waals surface area (Å²) in [5.74, 6) is -0.992. The average molecular weight is 335 g/mol. The van der Waals surface area contributed by atoms with Crippen molar-refractivity contribution in [3.05, 3.63) is 64.4 Å². The Labute approximate surface area is 138 Å². The van der Waals surface area contributed by atoms with Crippen LogP contribution in [0.5, 0.6) is 0 Å². The van der Waals surface area contributed by atoms with Crippen LogP contribution in [0.3, 0.4) is 0 Å². The van der Waals surface area contributed by atoms with Gasteiger partial charge in [0.25, 0.3) is 5.91 Å². The normalized spacial score (nSPS) is 10.2. The van der Waals surface area contributed by atoms with E-state index in [1.54, 1.807) is 37.3 Å². The van der Waals surface area contributed by atoms with Crippen LogP contribution < -0.4 is 10.6 Å². The molecule has 0 radical (unpaired) electrons. The fourth-order valence-corrected chi connectivity index (χ4v) is 2.06. The van der Waals surface area contributed by atoms with Crippen LogP contribution in [-0.2, 0) is 4.79 Å². The second-order valence-corrected chi connectivity index (χ2v) is 5.46. The second-order valence-electron chi connectivity index (χ2n) is 5.02. The third kappa shape index (κ3) is 5.07. The van der Waals surface area contributed by atoms with Crippen molar-refractivity contribution in [2.45, 2.75) is 13.3 Å². The minimum Gasteiger partial charge on any atom is -0.352 e. The number of nitrogens with one attached hydrogen (secondary N) is 2. The van der Waals surface area contributed by atoms with E-state index in [4.69, 9.17) is 11.6 Å². The molecule has 6 heteroatoms. The first-order valence-electron chi connectivity index (χ1n) is 7.05. The lowest BCUT2D eigenvalue weighted by Gasteiger charge is -2.09. The smallest absolute Gasteiger partial charge is 0.251 e. The highest BCUT2D eigenvalue weighted by molar-refractivity contribution is 6.30. The van der Waals surface area contributed by atoms with E-state index in [0.29, 0.717) is 16.3 Å². The van der Waals surface area contributed by atoms with E-state index in [1.807, 2.05) is 0 Å². The standard InChI is InChI=1S/C17H16ClFN2O2/c1-11-2-7-14(19)10-15(11)21-16(22)8-9-20-17(23)12-3-5-13(18)6-4-12/h2-7,10H,8-9H2,1H3,(H,20,23)(H,21,22). The molecular formula is C17H16ClFN2O2. The first-order chi connectivity index (χ1) is 11.0. The predicted molar refractivity (Wildman–Crippen MR) is 88.2 cm³/mol. The second kappa shape index (κ2) is 7.74. The highest BCUT2D eigenvalue weighted by atomic mass is 35.5. The molecule has 4 nitrogen and oxygen atoms in total. The molecule has 0 saturated carbocycles. The molecule has 2 amide bonds. The van der Waals surface area contributed by atoms with Gasteiger partial charge in [0.05, 0.1) is 0 Å². The van der Waals surface area contributed by atoms with E-state index in [-0.39, 0.29) is 24.8 Å². The number of amides is 2. The van der Waals surface area contributed by atoms with Crippen LogP contribution in [0.1, 0.15) is 22.3 Å². The molecular weight excluding hydrogens is 319 g/mol. The first kappa shape index (κ1) is 17.0. The Morgan fingerprint density at radius 1 is 1.13 bits per heavy atom. The summed E-state index contributed by atoms with van der Waals surface area (Å²) in [6, 6.07) is 10.6. The topological polar surface area (TPSA) is 58.2 Å². The maximum atomic E-state index is 13.2. The van der Waals surface area contributed by atoms with E-state index in [2.05, 4.69) is 10.6 Å². The van der Waals surface area contributed by atoms with Crippen LogP contribution >= 0.6 is 11.6 Å². The summed E-state index contributed by atoms with van der Waals surface area (Å²) in [6.07, 6.45) is 0.0925. The van der Waals surface area contributed by atoms with Gasteiger partial charge in [0.1, 0.15) is 5.82 Å². The summed E-state index contributed by atoms with van der Waals surface area (Å²) >= 11 is 5.75. The molecule has 2 rings (SSSR count). The molecule has 0 aliphatic carbocycles. The van der Waals surface area contributed by atoms with Crippen LogP contribution in [0.4, 0.5) is 10.1 Å². The van der Waals surface area contributed by atoms with Crippen molar-refractivity contribution < 1.29 is 14.0 Å². The number of carbonyl (C=O) groups is 2. The van der Waals surface area contributed by atoms with Gasteiger partial charge >= 0.3 is 0 Å². The Balaban J connectivity index is 1.81. The summed E-state index contributed by atoms with van der Waals surface area (Å²) in [7, 11) is 0. The highest BCUT2D eigenvalue weighted by Crippen LogP contribution is 2.16. The number of halogens is 2. The zero-order valence-electron chi connectivity index (χ0n) is 12.5. The number of aryl methyl sites for hydroxylation is 1. The van der Waals surface area contributed by atoms with Gasteiger partial charge in [-0.1, -0.05) is 17.7 Å². The highest BCUT2D eigenvalue weighted by Gasteiger charge is 2.08. The molecule has 23 heavy (non-hydrogen) atoms. The quantitative estimate of drug-likeness (QED) is 0.878. The molecule has 0 atom stereocenters. The Morgan fingerprint density at radius 2 is 1.83 bits per heavy atom. The van der Waals surface area contributed by atoms with Gasteiger partial charge in [0, 0.05) is 29.2 Å². The van der Waals surface area contributed by atoms with E-state index in [9.17, 15) is 14.0 Å². The molecule has 0 aromatic heterocycles. The monoisotopic (exact) mass is 334 g/mol. The minimum atomic E-state index is -0.415. The van der Waals surface area contributed by atoms with Gasteiger partial charge in [-0.15, -0.1) is 0 Å². The molecule has 0 spiro atoms. The molecule has 120 valence electrons. The largest absolute Gasteiger partial charge is 0.352 e. The summed E-state index contributed by atoms with van der Waals surface area (Å²) in [5.41, 5.74) is 1.67. The van der Waals surface area contributed by atoms with Gasteiger partial charge in [-0.2, -0.15) is 0 Å². The minimum absolute atomic E-state index is 0.0925. The molecule has 0 aliphatic rings. The molecule has 2 N–H and O–H groups in total. The number of hydrogen-bond acceptors (Lipinski definition) is 2. The molecule has 0 saturated heterocycles. The van der Waals surface area contributed by atoms with Crippen LogP contribution in [0.15, 0.2) is 42.5 Å². The third-order valence-electron chi connectivity index (χ3n) is 3.22. The van der Waals surface area contributed by atoms with Gasteiger partial charge in [-0.25, -0.2) is 4.39 Å². The Morgan fingerprint density at radius 3 is 2.52 bits per heavy atom. The van der Waals surface area contributed by atoms with Gasteiger partial charge in [0.2, 0.25) is 5.91 Å². The molecule has 2 aromatic carbocycles. The molecule has 0 fully saturated rings. The maximum Gasteiger partial charge on any atom is 0.251 e. The van der Waals surface area contributed by atoms with Gasteiger partial charge in [0.15, 0.2) is 0 Å². The zero-order valence-corrected chi connectivity index (χ0v) is 13.3. The summed E-state index contributed by atoms with van der Waals surface area (Å²) in [6.45, 7) is 1.96. The van der Waals surface area contributed by atoms with Crippen molar-refractivity contribution in [3.63, 3.8) is 0 Å². The van der Waals surface area contributed by atoms with Crippen molar-refractivity contribution in [2.24, 2.45) is 0 Å². The lowest BCUT2D eigenvalue weighted by molar-refractivity contribution is -0.116. The molecule has 0 unspecified atom stereocenters. The lowest BCUT2D eigenvalue weighted by atomic mass is 10.2. The van der Waals surface area contributed by atoms with Gasteiger partial charge in [-0.05, 0) is 48.9 Å². The number of benzene rings is 2. The number of carbonyl (C=O) groups excluding carboxylic acids is 2. The van der Waals surface area contributed by atoms with Crippen molar-refractivity contribution >= 4 is 29.1 Å². The zero-order chi connectivity index (χ0) is 16.8. The van der Waals surface area contributed by atoms with E-state index in [1.165, 1.54) is 12.1 Å². The maximum absolute atomic E-state index is 13.2. The SMILES string of the molecule is Cc1ccc(F)cc1NC(=O)CCNC(=O)c1ccc(Cl)cc1. The summed E-state index contributed by atoms with van der Waals surface area (Å²) in [5, 5.41) is 5.82. The van der Waals surface area contributed by atoms with Gasteiger partial charge < -0.3 is 10.6 Å². The predicted octanol–water partition coefficient (Wildman–Crippen LogP) is 3.55. The Kier molecular flexibility index (Phi) is 5.71. The van der Waals surface area contributed by atoms with Crippen molar-refractivity contribution in [2.75, 3.05) is 11.9 Å². The average Bonchev–Trinajstić information content (AvgIpc) is 2.51. The Bertz CT molecular complexity index is 717. The number of rotatable bonds is 5. The third-order valence-corrected chi connectivity index (χ3v) is 3.47. The molecule has 0 heterocycles. The van der Waals surface area contributed by atoms with Crippen molar-refractivity contribution in [1.82, 2.24) is 5.32 Å². The fourth-order valence-electron chi connectivity index (χ4n) is 1.93. The summed E-state index contributed by atoms with van der Waals surface area (Å²) in [4.78, 5) is 23.7. The number of hydrogen-bond donors (Lipinski definition) is 2. The van der Waals surface area contributed by atoms with Crippen molar-refractivity contribution in [1.29, 1.82) is 0 Å². The van der Waals surface area contributed by atoms with Crippen LogP contribution in [0, 0.1) is 12.7 Å². The molecule has 0 bridgehead atoms. The fraction of sp³-hybridized carbons (Fsp3) is 0.176. The van der Waals surface area contributed by atoms with Gasteiger partial charge in [-0.3, -0.25) is 9.59 Å². The van der Waals surface area contributed by atoms with E-state index in [0.717, 1.165) is 5.56 Å². The van der Waals surface area contributed by atoms with Crippen LogP contribution in [0.2, 0.25) is 5.02 Å². The number of anilines is 1. The van der Waals surface area contributed by atoms with Crippen molar-refractivity contribution in [3.8, 4) is 0 Å². The molecule has 2 aromatic rings. The first-order valence-corrected chi connectivity index (χ1v) is 7.43. The van der Waals surface area contributed by atoms with Crippen LogP contribution in [0.25, 0.3) is 0 Å². The lowest BCUT2D eigenvalue weighted by Crippen LogP contribution is -2.27. The Hall–Kier alpha value is -2.40. The summed E-state index contributed by atoms with van der Waals surface area (Å²) < 4.78 is 13.2. The van der Waals surface area contributed by atoms with E-state index >= 15 is 0 Å². The van der Waals surface area contributed by atoms with E-state index < -0.39 is 5.82 Å².